The van der Waals surface area contributed by atoms with Crippen molar-refractivity contribution in [3.05, 3.63) is 45.6 Å². The Morgan fingerprint density at radius 2 is 2.00 bits per heavy atom. The number of ether oxygens (including phenoxy) is 1. The molecule has 0 bridgehead atoms. The predicted octanol–water partition coefficient (Wildman–Crippen LogP) is 4.16. The van der Waals surface area contributed by atoms with Gasteiger partial charge in [0.05, 0.1) is 22.6 Å². The molecule has 3 rings (SSSR count). The number of methoxy groups -OCH3 is 1. The van der Waals surface area contributed by atoms with Crippen LogP contribution in [-0.2, 0) is 15.6 Å². The molecule has 0 aliphatic heterocycles. The highest BCUT2D eigenvalue weighted by atomic mass is 35.5. The molecule has 0 radical (unpaired) electrons. The zero-order chi connectivity index (χ0) is 16.5. The second-order valence-corrected chi connectivity index (χ2v) is 8.71. The zero-order valence-corrected chi connectivity index (χ0v) is 15.1. The summed E-state index contributed by atoms with van der Waals surface area (Å²) in [5, 5.41) is 2.26. The summed E-state index contributed by atoms with van der Waals surface area (Å²) in [6.45, 7) is 0. The molecule has 124 valence electrons. The second kappa shape index (κ2) is 6.43. The summed E-state index contributed by atoms with van der Waals surface area (Å²) in [6.07, 6.45) is 3.67. The van der Waals surface area contributed by atoms with Crippen molar-refractivity contribution in [1.29, 1.82) is 0 Å². The van der Waals surface area contributed by atoms with Gasteiger partial charge in [-0.3, -0.25) is 0 Å². The van der Waals surface area contributed by atoms with Gasteiger partial charge in [-0.2, -0.15) is 4.72 Å². The Balaban J connectivity index is 1.95. The fourth-order valence-electron chi connectivity index (χ4n) is 3.06. The smallest absolute Gasteiger partial charge is 0.241 e. The molecule has 1 aromatic heterocycles. The number of rotatable bonds is 5. The van der Waals surface area contributed by atoms with E-state index in [0.717, 1.165) is 30.6 Å². The molecule has 1 heterocycles. The summed E-state index contributed by atoms with van der Waals surface area (Å²) in [5.74, 6) is 0.458. The minimum atomic E-state index is -3.66. The fourth-order valence-corrected chi connectivity index (χ4v) is 5.85. The van der Waals surface area contributed by atoms with Gasteiger partial charge in [0.15, 0.2) is 0 Å². The normalized spacial score (nSPS) is 17.3. The van der Waals surface area contributed by atoms with E-state index in [1.54, 1.807) is 17.4 Å². The van der Waals surface area contributed by atoms with Gasteiger partial charge in [-0.05, 0) is 42.5 Å². The molecule has 23 heavy (non-hydrogen) atoms. The highest BCUT2D eigenvalue weighted by Gasteiger charge is 2.40. The standard InChI is InChI=1S/C16H18ClNO3S2/c1-21-14-7-6-12(11-13(14)17)23(19,20)18-16(8-2-3-9-16)15-5-4-10-22-15/h4-7,10-11,18H,2-3,8-9H2,1H3. The lowest BCUT2D eigenvalue weighted by Gasteiger charge is -2.29. The SMILES string of the molecule is COc1ccc(S(=O)(=O)NC2(c3cccs3)CCCC2)cc1Cl. The Morgan fingerprint density at radius 3 is 2.57 bits per heavy atom. The Morgan fingerprint density at radius 1 is 1.26 bits per heavy atom. The number of hydrogen-bond donors (Lipinski definition) is 1. The first kappa shape index (κ1) is 16.8. The molecule has 4 nitrogen and oxygen atoms in total. The molecular formula is C16H18ClNO3S2. The maximum atomic E-state index is 12.8. The highest BCUT2D eigenvalue weighted by Crippen LogP contribution is 2.42. The van der Waals surface area contributed by atoms with E-state index in [2.05, 4.69) is 4.72 Å². The van der Waals surface area contributed by atoms with Gasteiger partial charge in [0.25, 0.3) is 0 Å². The average Bonchev–Trinajstić information content (AvgIpc) is 3.18. The third-order valence-electron chi connectivity index (χ3n) is 4.21. The van der Waals surface area contributed by atoms with Crippen molar-refractivity contribution in [3.8, 4) is 5.75 Å². The number of thiophene rings is 1. The Bertz CT molecular complexity index is 782. The Kier molecular flexibility index (Phi) is 4.69. The molecule has 0 unspecified atom stereocenters. The van der Waals surface area contributed by atoms with Crippen molar-refractivity contribution in [1.82, 2.24) is 4.72 Å². The lowest BCUT2D eigenvalue weighted by atomic mass is 9.97. The van der Waals surface area contributed by atoms with Crippen LogP contribution in [0.4, 0.5) is 0 Å². The molecular weight excluding hydrogens is 354 g/mol. The first-order valence-corrected chi connectivity index (χ1v) is 10.1. The lowest BCUT2D eigenvalue weighted by molar-refractivity contribution is 0.411. The number of sulfonamides is 1. The van der Waals surface area contributed by atoms with E-state index in [1.165, 1.54) is 19.2 Å². The van der Waals surface area contributed by atoms with Gasteiger partial charge >= 0.3 is 0 Å². The molecule has 1 aliphatic rings. The molecule has 2 aromatic rings. The van der Waals surface area contributed by atoms with Crippen molar-refractivity contribution in [2.24, 2.45) is 0 Å². The highest BCUT2D eigenvalue weighted by molar-refractivity contribution is 7.89. The quantitative estimate of drug-likeness (QED) is 0.858. The van der Waals surface area contributed by atoms with Gasteiger partial charge in [0, 0.05) is 4.88 Å². The number of halogens is 1. The van der Waals surface area contributed by atoms with E-state index in [-0.39, 0.29) is 9.92 Å². The largest absolute Gasteiger partial charge is 0.495 e. The summed E-state index contributed by atoms with van der Waals surface area (Å²) < 4.78 is 33.7. The van der Waals surface area contributed by atoms with Crippen LogP contribution in [0.5, 0.6) is 5.75 Å². The van der Waals surface area contributed by atoms with Crippen LogP contribution >= 0.6 is 22.9 Å². The first-order valence-electron chi connectivity index (χ1n) is 7.38. The molecule has 1 N–H and O–H groups in total. The maximum absolute atomic E-state index is 12.8. The summed E-state index contributed by atoms with van der Waals surface area (Å²) in [5.41, 5.74) is -0.501. The molecule has 0 atom stereocenters. The first-order chi connectivity index (χ1) is 11.0. The van der Waals surface area contributed by atoms with Crippen LogP contribution in [0.25, 0.3) is 0 Å². The number of benzene rings is 1. The Hall–Kier alpha value is -1.08. The van der Waals surface area contributed by atoms with Gasteiger partial charge in [0.1, 0.15) is 5.75 Å². The third kappa shape index (κ3) is 3.26. The molecule has 0 amide bonds. The van der Waals surface area contributed by atoms with Crippen LogP contribution in [-0.4, -0.2) is 15.5 Å². The van der Waals surface area contributed by atoms with Crippen molar-refractivity contribution in [3.63, 3.8) is 0 Å². The average molecular weight is 372 g/mol. The van der Waals surface area contributed by atoms with Crippen molar-refractivity contribution in [2.45, 2.75) is 36.1 Å². The van der Waals surface area contributed by atoms with E-state index in [0.29, 0.717) is 5.75 Å². The van der Waals surface area contributed by atoms with Crippen molar-refractivity contribution in [2.75, 3.05) is 7.11 Å². The van der Waals surface area contributed by atoms with Gasteiger partial charge < -0.3 is 4.74 Å². The molecule has 0 saturated heterocycles. The molecule has 1 saturated carbocycles. The number of hydrogen-bond acceptors (Lipinski definition) is 4. The van der Waals surface area contributed by atoms with Crippen LogP contribution in [0.3, 0.4) is 0 Å². The maximum Gasteiger partial charge on any atom is 0.241 e. The van der Waals surface area contributed by atoms with Gasteiger partial charge in [0.2, 0.25) is 10.0 Å². The van der Waals surface area contributed by atoms with E-state index in [1.807, 2.05) is 17.5 Å². The van der Waals surface area contributed by atoms with E-state index >= 15 is 0 Å². The van der Waals surface area contributed by atoms with Crippen molar-refractivity contribution >= 4 is 33.0 Å². The molecule has 7 heteroatoms. The minimum absolute atomic E-state index is 0.158. The topological polar surface area (TPSA) is 55.4 Å². The van der Waals surface area contributed by atoms with Crippen molar-refractivity contribution < 1.29 is 13.2 Å². The van der Waals surface area contributed by atoms with Crippen LogP contribution in [0.15, 0.2) is 40.6 Å². The Labute approximate surface area is 145 Å². The molecule has 1 aromatic carbocycles. The summed E-state index contributed by atoms with van der Waals surface area (Å²) in [7, 11) is -2.16. The predicted molar refractivity (Wildman–Crippen MR) is 92.8 cm³/mol. The van der Waals surface area contributed by atoms with E-state index in [4.69, 9.17) is 16.3 Å². The van der Waals surface area contributed by atoms with E-state index < -0.39 is 15.6 Å². The molecule has 1 aliphatic carbocycles. The fraction of sp³-hybridized carbons (Fsp3) is 0.375. The number of nitrogens with one attached hydrogen (secondary N) is 1. The monoisotopic (exact) mass is 371 g/mol. The molecule has 1 fully saturated rings. The summed E-state index contributed by atoms with van der Waals surface area (Å²) in [6, 6.07) is 8.48. The van der Waals surface area contributed by atoms with Crippen LogP contribution in [0.1, 0.15) is 30.6 Å². The van der Waals surface area contributed by atoms with E-state index in [9.17, 15) is 8.42 Å². The second-order valence-electron chi connectivity index (χ2n) is 5.67. The summed E-state index contributed by atoms with van der Waals surface area (Å²) >= 11 is 7.66. The zero-order valence-electron chi connectivity index (χ0n) is 12.7. The van der Waals surface area contributed by atoms with Gasteiger partial charge in [-0.1, -0.05) is 30.5 Å². The van der Waals surface area contributed by atoms with Crippen LogP contribution in [0.2, 0.25) is 5.02 Å². The minimum Gasteiger partial charge on any atom is -0.495 e. The van der Waals surface area contributed by atoms with Gasteiger partial charge in [-0.25, -0.2) is 8.42 Å². The lowest BCUT2D eigenvalue weighted by Crippen LogP contribution is -2.43. The van der Waals surface area contributed by atoms with Crippen LogP contribution in [0, 0.1) is 0 Å². The summed E-state index contributed by atoms with van der Waals surface area (Å²) in [4.78, 5) is 1.23. The third-order valence-corrected chi connectivity index (χ3v) is 7.12. The van der Waals surface area contributed by atoms with Crippen LogP contribution < -0.4 is 9.46 Å². The van der Waals surface area contributed by atoms with Gasteiger partial charge in [-0.15, -0.1) is 11.3 Å². The molecule has 0 spiro atoms.